The number of urea groups is 1. The van der Waals surface area contributed by atoms with Gasteiger partial charge >= 0.3 is 6.03 Å². The maximum atomic E-state index is 14.0. The molecular weight excluding hydrogens is 459 g/mol. The quantitative estimate of drug-likeness (QED) is 0.691. The Kier molecular flexibility index (Phi) is 4.28. The predicted octanol–water partition coefficient (Wildman–Crippen LogP) is 3.23. The molecule has 34 heavy (non-hydrogen) atoms. The molecule has 0 radical (unpaired) electrons. The number of carbonyl (C=O) groups is 1. The summed E-state index contributed by atoms with van der Waals surface area (Å²) in [5.74, 6) is 1.86. The first kappa shape index (κ1) is 21.1. The van der Waals surface area contributed by atoms with Crippen LogP contribution in [0.4, 0.5) is 9.18 Å². The molecule has 4 heterocycles. The number of nitrogens with zero attached hydrogens (tertiary/aromatic N) is 5. The summed E-state index contributed by atoms with van der Waals surface area (Å²) in [4.78, 5) is 25.5. The van der Waals surface area contributed by atoms with E-state index in [1.54, 1.807) is 0 Å². The Hall–Kier alpha value is -2.26. The Bertz CT molecular complexity index is 1150. The van der Waals surface area contributed by atoms with Crippen molar-refractivity contribution in [3.8, 4) is 0 Å². The molecule has 0 unspecified atom stereocenters. The van der Waals surface area contributed by atoms with Crippen LogP contribution in [-0.4, -0.2) is 67.3 Å². The van der Waals surface area contributed by atoms with E-state index in [2.05, 4.69) is 20.2 Å². The number of likely N-dealkylation sites (tertiary alicyclic amines) is 2. The van der Waals surface area contributed by atoms with Crippen molar-refractivity contribution in [2.75, 3.05) is 26.2 Å². The van der Waals surface area contributed by atoms with Gasteiger partial charge in [0.05, 0.1) is 10.7 Å². The lowest BCUT2D eigenvalue weighted by Gasteiger charge is -2.63. The topological polar surface area (TPSA) is 98.2 Å². The highest BCUT2D eigenvalue weighted by molar-refractivity contribution is 6.30. The fraction of sp³-hybridized carbons (Fsp3) is 0.667. The molecule has 2 spiro atoms. The molecule has 3 saturated carbocycles. The number of carbonyl (C=O) groups excluding carboxylic acids is 1. The highest BCUT2D eigenvalue weighted by Crippen LogP contribution is 2.57. The van der Waals surface area contributed by atoms with Gasteiger partial charge in [-0.25, -0.2) is 14.2 Å². The van der Waals surface area contributed by atoms with Gasteiger partial charge in [0.2, 0.25) is 0 Å². The number of pyridine rings is 1. The highest BCUT2D eigenvalue weighted by atomic mass is 35.5. The molecule has 7 rings (SSSR count). The molecule has 8 nitrogen and oxygen atoms in total. The molecule has 2 N–H and O–H groups in total. The van der Waals surface area contributed by atoms with Crippen LogP contribution >= 0.6 is 11.6 Å². The van der Waals surface area contributed by atoms with E-state index in [1.807, 2.05) is 9.80 Å². The molecule has 0 atom stereocenters. The van der Waals surface area contributed by atoms with E-state index in [-0.39, 0.29) is 22.7 Å². The van der Waals surface area contributed by atoms with E-state index in [9.17, 15) is 14.3 Å². The molecule has 2 aromatic heterocycles. The second kappa shape index (κ2) is 6.91. The van der Waals surface area contributed by atoms with Gasteiger partial charge in [-0.1, -0.05) is 11.6 Å². The number of amides is 2. The van der Waals surface area contributed by atoms with Crippen LogP contribution in [0.1, 0.15) is 61.8 Å². The van der Waals surface area contributed by atoms with E-state index < -0.39 is 5.60 Å². The molecule has 5 fully saturated rings. The fourth-order valence-electron chi connectivity index (χ4n) is 6.88. The zero-order valence-electron chi connectivity index (χ0n) is 18.9. The minimum Gasteiger partial charge on any atom is -0.382 e. The summed E-state index contributed by atoms with van der Waals surface area (Å²) in [6.45, 7) is 3.27. The van der Waals surface area contributed by atoms with Crippen molar-refractivity contribution in [1.29, 1.82) is 0 Å². The SMILES string of the molecule is O=C(N1CC2(CC(Cc3ncc(Cl)cc3F)C2)C1)N1CC2(CC(c3nc(C4(O)CC4)n[nH]3)C2)C1. The van der Waals surface area contributed by atoms with Gasteiger partial charge in [-0.3, -0.25) is 10.1 Å². The zero-order valence-corrected chi connectivity index (χ0v) is 19.7. The van der Waals surface area contributed by atoms with Crippen LogP contribution in [-0.2, 0) is 12.0 Å². The molecule has 2 amide bonds. The van der Waals surface area contributed by atoms with Crippen LogP contribution in [0, 0.1) is 22.6 Å². The Morgan fingerprint density at radius 3 is 2.41 bits per heavy atom. The second-order valence-corrected chi connectivity index (χ2v) is 12.2. The molecule has 0 bridgehead atoms. The molecule has 180 valence electrons. The lowest BCUT2D eigenvalue weighted by molar-refractivity contribution is -0.101. The van der Waals surface area contributed by atoms with Crippen molar-refractivity contribution in [3.63, 3.8) is 0 Å². The van der Waals surface area contributed by atoms with E-state index in [0.717, 1.165) is 70.5 Å². The van der Waals surface area contributed by atoms with Gasteiger partial charge in [0, 0.05) is 49.1 Å². The van der Waals surface area contributed by atoms with Crippen molar-refractivity contribution in [2.24, 2.45) is 16.7 Å². The molecule has 3 aliphatic carbocycles. The van der Waals surface area contributed by atoms with Crippen LogP contribution < -0.4 is 0 Å². The minimum absolute atomic E-state index is 0.159. The van der Waals surface area contributed by atoms with E-state index in [0.29, 0.717) is 34.8 Å². The summed E-state index contributed by atoms with van der Waals surface area (Å²) in [6.07, 6.45) is 7.72. The number of nitrogens with one attached hydrogen (secondary N) is 1. The van der Waals surface area contributed by atoms with Crippen molar-refractivity contribution >= 4 is 17.6 Å². The molecular formula is C24H28ClFN6O2. The maximum Gasteiger partial charge on any atom is 0.320 e. The number of rotatable bonds is 4. The summed E-state index contributed by atoms with van der Waals surface area (Å²) < 4.78 is 14.0. The summed E-state index contributed by atoms with van der Waals surface area (Å²) in [5.41, 5.74) is 0.145. The summed E-state index contributed by atoms with van der Waals surface area (Å²) in [5, 5.41) is 17.7. The zero-order chi connectivity index (χ0) is 23.3. The van der Waals surface area contributed by atoms with Crippen LogP contribution in [0.15, 0.2) is 12.3 Å². The number of aromatic nitrogens is 4. The van der Waals surface area contributed by atoms with Crippen LogP contribution in [0.2, 0.25) is 5.02 Å². The van der Waals surface area contributed by atoms with Crippen LogP contribution in [0.5, 0.6) is 0 Å². The maximum absolute atomic E-state index is 14.0. The molecule has 2 aliphatic heterocycles. The number of hydrogen-bond donors (Lipinski definition) is 2. The summed E-state index contributed by atoms with van der Waals surface area (Å²) in [6, 6.07) is 1.49. The van der Waals surface area contributed by atoms with Crippen LogP contribution in [0.3, 0.4) is 0 Å². The van der Waals surface area contributed by atoms with Gasteiger partial charge in [0.25, 0.3) is 0 Å². The van der Waals surface area contributed by atoms with Crippen molar-refractivity contribution in [2.45, 2.75) is 56.5 Å². The van der Waals surface area contributed by atoms with Crippen LogP contribution in [0.25, 0.3) is 0 Å². The average Bonchev–Trinajstić information content (AvgIpc) is 3.23. The normalized spacial score (nSPS) is 26.1. The van der Waals surface area contributed by atoms with Gasteiger partial charge < -0.3 is 14.9 Å². The highest BCUT2D eigenvalue weighted by Gasteiger charge is 2.59. The third-order valence-electron chi connectivity index (χ3n) is 8.84. The lowest BCUT2D eigenvalue weighted by atomic mass is 9.56. The molecule has 2 aromatic rings. The number of aliphatic hydroxyl groups is 1. The van der Waals surface area contributed by atoms with E-state index in [4.69, 9.17) is 11.6 Å². The van der Waals surface area contributed by atoms with Crippen molar-refractivity contribution < 1.29 is 14.3 Å². The van der Waals surface area contributed by atoms with Gasteiger partial charge in [-0.05, 0) is 56.9 Å². The van der Waals surface area contributed by atoms with E-state index >= 15 is 0 Å². The fourth-order valence-corrected chi connectivity index (χ4v) is 7.02. The first-order valence-corrected chi connectivity index (χ1v) is 12.6. The minimum atomic E-state index is -0.798. The first-order chi connectivity index (χ1) is 16.2. The molecule has 5 aliphatic rings. The Morgan fingerprint density at radius 2 is 1.79 bits per heavy atom. The third-order valence-corrected chi connectivity index (χ3v) is 9.05. The number of aromatic amines is 1. The number of halogens is 2. The van der Waals surface area contributed by atoms with Gasteiger partial charge in [0.15, 0.2) is 5.82 Å². The Balaban J connectivity index is 0.857. The largest absolute Gasteiger partial charge is 0.382 e. The molecule has 0 aromatic carbocycles. The third kappa shape index (κ3) is 3.26. The van der Waals surface area contributed by atoms with E-state index in [1.165, 1.54) is 12.3 Å². The number of hydrogen-bond acceptors (Lipinski definition) is 5. The Labute approximate surface area is 201 Å². The molecule has 2 saturated heterocycles. The average molecular weight is 487 g/mol. The van der Waals surface area contributed by atoms with Crippen molar-refractivity contribution in [3.05, 3.63) is 40.4 Å². The van der Waals surface area contributed by atoms with Gasteiger partial charge in [-0.2, -0.15) is 5.10 Å². The first-order valence-electron chi connectivity index (χ1n) is 12.2. The monoisotopic (exact) mass is 486 g/mol. The molecule has 10 heteroatoms. The smallest absolute Gasteiger partial charge is 0.320 e. The summed E-state index contributed by atoms with van der Waals surface area (Å²) >= 11 is 5.79. The Morgan fingerprint density at radius 1 is 1.15 bits per heavy atom. The van der Waals surface area contributed by atoms with Crippen molar-refractivity contribution in [1.82, 2.24) is 30.0 Å². The van der Waals surface area contributed by atoms with Gasteiger partial charge in [-0.15, -0.1) is 0 Å². The number of H-pyrrole nitrogens is 1. The summed E-state index contributed by atoms with van der Waals surface area (Å²) in [7, 11) is 0. The lowest BCUT2D eigenvalue weighted by Crippen LogP contribution is -2.71. The standard InChI is InChI=1S/C24H28ClFN6O2/c25-16-4-17(26)18(27-9-16)3-14-5-22(6-14)10-31(11-22)21(33)32-12-23(13-32)7-15(8-23)19-28-20(30-29-19)24(34)1-2-24/h4,9,14-15,34H,1-3,5-8,10-13H2,(H,28,29,30). The van der Waals surface area contributed by atoms with Gasteiger partial charge in [0.1, 0.15) is 17.2 Å². The second-order valence-electron chi connectivity index (χ2n) is 11.7. The predicted molar refractivity (Wildman–Crippen MR) is 121 cm³/mol.